The van der Waals surface area contributed by atoms with E-state index in [1.54, 1.807) is 42.5 Å². The predicted molar refractivity (Wildman–Crippen MR) is 65.5 cm³/mol. The molecule has 0 N–H and O–H groups in total. The van der Waals surface area contributed by atoms with E-state index < -0.39 is 9.84 Å². The average Bonchev–Trinajstić information content (AvgIpc) is 2.40. The van der Waals surface area contributed by atoms with Crippen molar-refractivity contribution in [1.82, 2.24) is 4.98 Å². The second-order valence-corrected chi connectivity index (χ2v) is 5.60. The molecule has 0 amide bonds. The third-order valence-electron chi connectivity index (χ3n) is 2.52. The van der Waals surface area contributed by atoms with Gasteiger partial charge >= 0.3 is 0 Å². The molecule has 3 nitrogen and oxygen atoms in total. The van der Waals surface area contributed by atoms with E-state index in [4.69, 9.17) is 0 Å². The van der Waals surface area contributed by atoms with E-state index in [1.807, 2.05) is 6.92 Å². The van der Waals surface area contributed by atoms with Gasteiger partial charge in [0.1, 0.15) is 0 Å². The molecule has 1 aromatic heterocycles. The molecule has 0 aliphatic carbocycles. The van der Waals surface area contributed by atoms with Crippen LogP contribution in [0.2, 0.25) is 0 Å². The number of aryl methyl sites for hydroxylation is 1. The summed E-state index contributed by atoms with van der Waals surface area (Å²) >= 11 is 0. The van der Waals surface area contributed by atoms with Crippen LogP contribution in [0.15, 0.2) is 58.5 Å². The summed E-state index contributed by atoms with van der Waals surface area (Å²) in [4.78, 5) is 4.64. The lowest BCUT2D eigenvalue weighted by Gasteiger charge is -2.04. The first kappa shape index (κ1) is 11.8. The summed E-state index contributed by atoms with van der Waals surface area (Å²) in [5.74, 6) is 0. The molecule has 88 valence electrons. The zero-order valence-corrected chi connectivity index (χ0v) is 10.3. The van der Waals surface area contributed by atoms with Gasteiger partial charge in [0, 0.05) is 11.9 Å². The number of nitrogens with zero attached hydrogens (tertiary/aromatic N) is 1. The largest absolute Gasteiger partial charge is 0.260 e. The minimum atomic E-state index is -3.43. The van der Waals surface area contributed by atoms with Gasteiger partial charge in [-0.05, 0) is 30.7 Å². The Morgan fingerprint density at radius 3 is 2.24 bits per heavy atom. The molecular weight excluding hydrogens is 234 g/mol. The van der Waals surface area contributed by atoms with Crippen molar-refractivity contribution in [2.75, 3.05) is 0 Å². The van der Waals surface area contributed by atoms with E-state index in [1.165, 1.54) is 6.20 Å². The number of benzene rings is 1. The summed E-state index contributed by atoms with van der Waals surface area (Å²) < 4.78 is 24.4. The van der Waals surface area contributed by atoms with Crippen LogP contribution in [0.5, 0.6) is 0 Å². The van der Waals surface area contributed by atoms with E-state index in [0.29, 0.717) is 4.90 Å². The molecule has 0 saturated carbocycles. The van der Waals surface area contributed by atoms with E-state index in [9.17, 15) is 8.42 Å². The van der Waals surface area contributed by atoms with Crippen LogP contribution < -0.4 is 0 Å². The van der Waals surface area contributed by atoms with Gasteiger partial charge in [-0.2, -0.15) is 0 Å². The van der Waals surface area contributed by atoms with Gasteiger partial charge in [-0.1, -0.05) is 25.1 Å². The molecular formula is C13H13NO2S. The lowest BCUT2D eigenvalue weighted by atomic mass is 10.3. The molecule has 0 radical (unpaired) electrons. The molecule has 2 aromatic rings. The second-order valence-electron chi connectivity index (χ2n) is 3.66. The molecule has 0 aliphatic rings. The molecule has 17 heavy (non-hydrogen) atoms. The van der Waals surface area contributed by atoms with Crippen molar-refractivity contribution in [1.29, 1.82) is 0 Å². The van der Waals surface area contributed by atoms with E-state index in [-0.39, 0.29) is 4.90 Å². The average molecular weight is 247 g/mol. The van der Waals surface area contributed by atoms with Crippen molar-refractivity contribution >= 4 is 9.84 Å². The second kappa shape index (κ2) is 4.67. The van der Waals surface area contributed by atoms with Crippen LogP contribution in [0.1, 0.15) is 12.6 Å². The number of sulfone groups is 1. The minimum Gasteiger partial charge on any atom is -0.260 e. The molecule has 1 aromatic carbocycles. The lowest BCUT2D eigenvalue weighted by molar-refractivity contribution is 0.595. The molecule has 0 atom stereocenters. The maximum Gasteiger partial charge on any atom is 0.208 e. The van der Waals surface area contributed by atoms with Gasteiger partial charge in [0.15, 0.2) is 0 Å². The Morgan fingerprint density at radius 1 is 1.00 bits per heavy atom. The third kappa shape index (κ3) is 2.36. The normalized spacial score (nSPS) is 11.4. The fourth-order valence-electron chi connectivity index (χ4n) is 1.51. The van der Waals surface area contributed by atoms with Crippen LogP contribution in [0.4, 0.5) is 0 Å². The molecule has 0 bridgehead atoms. The van der Waals surface area contributed by atoms with Gasteiger partial charge in [0.05, 0.1) is 9.79 Å². The smallest absolute Gasteiger partial charge is 0.208 e. The zero-order valence-electron chi connectivity index (χ0n) is 9.50. The third-order valence-corrected chi connectivity index (χ3v) is 4.28. The molecule has 0 fully saturated rings. The van der Waals surface area contributed by atoms with E-state index >= 15 is 0 Å². The maximum atomic E-state index is 12.2. The van der Waals surface area contributed by atoms with Crippen molar-refractivity contribution in [2.24, 2.45) is 0 Å². The van der Waals surface area contributed by atoms with Gasteiger partial charge in [0.25, 0.3) is 0 Å². The SMILES string of the molecule is CCc1ccc(S(=O)(=O)c2ccccc2)cn1. The van der Waals surface area contributed by atoms with Gasteiger partial charge in [0.2, 0.25) is 9.84 Å². The number of hydrogen-bond acceptors (Lipinski definition) is 3. The van der Waals surface area contributed by atoms with Crippen molar-refractivity contribution in [3.63, 3.8) is 0 Å². The molecule has 0 unspecified atom stereocenters. The molecule has 4 heteroatoms. The van der Waals surface area contributed by atoms with Crippen LogP contribution in [-0.2, 0) is 16.3 Å². The minimum absolute atomic E-state index is 0.237. The number of hydrogen-bond donors (Lipinski definition) is 0. The van der Waals surface area contributed by atoms with Crippen LogP contribution in [-0.4, -0.2) is 13.4 Å². The van der Waals surface area contributed by atoms with Crippen LogP contribution >= 0.6 is 0 Å². The first-order chi connectivity index (χ1) is 8.14. The van der Waals surface area contributed by atoms with Crippen LogP contribution in [0, 0.1) is 0 Å². The summed E-state index contributed by atoms with van der Waals surface area (Å²) in [6.07, 6.45) is 2.22. The Morgan fingerprint density at radius 2 is 1.71 bits per heavy atom. The molecule has 0 saturated heterocycles. The lowest BCUT2D eigenvalue weighted by Crippen LogP contribution is -2.02. The highest BCUT2D eigenvalue weighted by atomic mass is 32.2. The molecule has 0 spiro atoms. The van der Waals surface area contributed by atoms with Crippen molar-refractivity contribution < 1.29 is 8.42 Å². The number of aromatic nitrogens is 1. The van der Waals surface area contributed by atoms with Gasteiger partial charge in [-0.15, -0.1) is 0 Å². The molecule has 2 rings (SSSR count). The fourth-order valence-corrected chi connectivity index (χ4v) is 2.74. The van der Waals surface area contributed by atoms with E-state index in [2.05, 4.69) is 4.98 Å². The van der Waals surface area contributed by atoms with Crippen molar-refractivity contribution in [2.45, 2.75) is 23.1 Å². The Bertz CT molecular complexity index is 589. The molecule has 1 heterocycles. The summed E-state index contributed by atoms with van der Waals surface area (Å²) in [6, 6.07) is 11.7. The summed E-state index contributed by atoms with van der Waals surface area (Å²) in [7, 11) is -3.43. The highest BCUT2D eigenvalue weighted by Gasteiger charge is 2.17. The first-order valence-electron chi connectivity index (χ1n) is 5.39. The topological polar surface area (TPSA) is 47.0 Å². The fraction of sp³-hybridized carbons (Fsp3) is 0.154. The monoisotopic (exact) mass is 247 g/mol. The Balaban J connectivity index is 2.45. The van der Waals surface area contributed by atoms with Gasteiger partial charge in [-0.3, -0.25) is 4.98 Å². The summed E-state index contributed by atoms with van der Waals surface area (Å²) in [5.41, 5.74) is 0.886. The summed E-state index contributed by atoms with van der Waals surface area (Å²) in [5, 5.41) is 0. The zero-order chi connectivity index (χ0) is 12.3. The highest BCUT2D eigenvalue weighted by Crippen LogP contribution is 2.19. The van der Waals surface area contributed by atoms with Crippen LogP contribution in [0.3, 0.4) is 0 Å². The van der Waals surface area contributed by atoms with Crippen molar-refractivity contribution in [3.05, 3.63) is 54.4 Å². The molecule has 0 aliphatic heterocycles. The summed E-state index contributed by atoms with van der Waals surface area (Å²) in [6.45, 7) is 1.98. The van der Waals surface area contributed by atoms with E-state index in [0.717, 1.165) is 12.1 Å². The van der Waals surface area contributed by atoms with Gasteiger partial charge < -0.3 is 0 Å². The maximum absolute atomic E-state index is 12.2. The Hall–Kier alpha value is -1.68. The first-order valence-corrected chi connectivity index (χ1v) is 6.88. The number of rotatable bonds is 3. The highest BCUT2D eigenvalue weighted by molar-refractivity contribution is 7.91. The Labute approximate surface area is 101 Å². The van der Waals surface area contributed by atoms with Gasteiger partial charge in [-0.25, -0.2) is 8.42 Å². The predicted octanol–water partition coefficient (Wildman–Crippen LogP) is 2.48. The number of pyridine rings is 1. The quantitative estimate of drug-likeness (QED) is 0.837. The van der Waals surface area contributed by atoms with Crippen molar-refractivity contribution in [3.8, 4) is 0 Å². The standard InChI is InChI=1S/C13H13NO2S/c1-2-11-8-9-13(10-14-11)17(15,16)12-6-4-3-5-7-12/h3-10H,2H2,1H3. The van der Waals surface area contributed by atoms with Crippen LogP contribution in [0.25, 0.3) is 0 Å². The Kier molecular flexibility index (Phi) is 3.24.